The van der Waals surface area contributed by atoms with Crippen LogP contribution in [0.2, 0.25) is 0 Å². The van der Waals surface area contributed by atoms with Crippen LogP contribution in [0.25, 0.3) is 0 Å². The maximum atomic E-state index is 12.7. The summed E-state index contributed by atoms with van der Waals surface area (Å²) in [6.07, 6.45) is 3.59. The highest BCUT2D eigenvalue weighted by Crippen LogP contribution is 2.31. The number of hydrogen-bond acceptors (Lipinski definition) is 3. The van der Waals surface area contributed by atoms with Crippen molar-refractivity contribution < 1.29 is 13.2 Å². The van der Waals surface area contributed by atoms with Crippen LogP contribution in [-0.2, 0) is 14.8 Å². The van der Waals surface area contributed by atoms with Gasteiger partial charge >= 0.3 is 0 Å². The molecular formula is C15H28N2O3S. The average molecular weight is 316 g/mol. The first-order valence-corrected chi connectivity index (χ1v) is 9.74. The first kappa shape index (κ1) is 16.7. The zero-order valence-electron chi connectivity index (χ0n) is 13.4. The molecule has 0 aromatic rings. The molecule has 1 amide bonds. The number of rotatable bonds is 6. The van der Waals surface area contributed by atoms with Crippen molar-refractivity contribution in [2.75, 3.05) is 25.4 Å². The zero-order chi connectivity index (χ0) is 15.6. The molecule has 1 saturated heterocycles. The number of hydrogen-bond donors (Lipinski definition) is 0. The highest BCUT2D eigenvalue weighted by Gasteiger charge is 2.38. The fourth-order valence-electron chi connectivity index (χ4n) is 3.00. The summed E-state index contributed by atoms with van der Waals surface area (Å²) in [7, 11) is -3.11. The molecule has 0 radical (unpaired) electrons. The van der Waals surface area contributed by atoms with Crippen LogP contribution in [0, 0.1) is 11.8 Å². The maximum Gasteiger partial charge on any atom is 0.226 e. The number of sulfonamides is 1. The fourth-order valence-corrected chi connectivity index (χ4v) is 4.13. The number of amides is 1. The minimum Gasteiger partial charge on any atom is -0.339 e. The zero-order valence-corrected chi connectivity index (χ0v) is 14.2. The molecule has 2 rings (SSSR count). The molecule has 2 aliphatic rings. The molecule has 21 heavy (non-hydrogen) atoms. The molecule has 0 aromatic heterocycles. The Kier molecular flexibility index (Phi) is 5.30. The van der Waals surface area contributed by atoms with Crippen LogP contribution in [0.5, 0.6) is 0 Å². The quantitative estimate of drug-likeness (QED) is 0.749. The Morgan fingerprint density at radius 1 is 1.19 bits per heavy atom. The smallest absolute Gasteiger partial charge is 0.226 e. The summed E-state index contributed by atoms with van der Waals surface area (Å²) in [5.74, 6) is 0.884. The van der Waals surface area contributed by atoms with Gasteiger partial charge in [-0.1, -0.05) is 13.8 Å². The topological polar surface area (TPSA) is 57.7 Å². The first-order valence-electron chi connectivity index (χ1n) is 8.13. The predicted molar refractivity (Wildman–Crippen MR) is 83.3 cm³/mol. The molecule has 1 heterocycles. The van der Waals surface area contributed by atoms with Gasteiger partial charge in [0.25, 0.3) is 0 Å². The van der Waals surface area contributed by atoms with Crippen LogP contribution >= 0.6 is 0 Å². The predicted octanol–water partition coefficient (Wildman–Crippen LogP) is 1.70. The summed E-state index contributed by atoms with van der Waals surface area (Å²) in [5.41, 5.74) is 0. The van der Waals surface area contributed by atoms with Crippen molar-refractivity contribution in [1.29, 1.82) is 0 Å². The maximum absolute atomic E-state index is 12.7. The van der Waals surface area contributed by atoms with Crippen molar-refractivity contribution in [3.8, 4) is 0 Å². The lowest BCUT2D eigenvalue weighted by molar-refractivity contribution is -0.137. The van der Waals surface area contributed by atoms with Gasteiger partial charge in [0.2, 0.25) is 15.9 Å². The second-order valence-corrected chi connectivity index (χ2v) is 8.95. The van der Waals surface area contributed by atoms with Gasteiger partial charge in [-0.25, -0.2) is 12.7 Å². The third-order valence-corrected chi connectivity index (χ3v) is 6.28. The van der Waals surface area contributed by atoms with Gasteiger partial charge in [0.05, 0.1) is 5.75 Å². The van der Waals surface area contributed by atoms with E-state index in [-0.39, 0.29) is 17.6 Å². The van der Waals surface area contributed by atoms with Gasteiger partial charge in [0.15, 0.2) is 0 Å². The standard InChI is InChI=1S/C15H28N2O3S/c1-4-21(19,20)16-9-7-13(8-10-16)15(18)17(11-12(2)3)14-5-6-14/h12-14H,4-11H2,1-3H3. The summed E-state index contributed by atoms with van der Waals surface area (Å²) >= 11 is 0. The largest absolute Gasteiger partial charge is 0.339 e. The highest BCUT2D eigenvalue weighted by molar-refractivity contribution is 7.89. The molecule has 0 atom stereocenters. The van der Waals surface area contributed by atoms with Crippen molar-refractivity contribution in [2.45, 2.75) is 52.5 Å². The van der Waals surface area contributed by atoms with Crippen LogP contribution in [0.4, 0.5) is 0 Å². The Morgan fingerprint density at radius 2 is 1.76 bits per heavy atom. The summed E-state index contributed by atoms with van der Waals surface area (Å²) in [6.45, 7) is 7.76. The van der Waals surface area contributed by atoms with Crippen molar-refractivity contribution >= 4 is 15.9 Å². The molecule has 1 saturated carbocycles. The van der Waals surface area contributed by atoms with E-state index in [2.05, 4.69) is 18.7 Å². The summed E-state index contributed by atoms with van der Waals surface area (Å²) in [4.78, 5) is 14.8. The number of carbonyl (C=O) groups excluding carboxylic acids is 1. The lowest BCUT2D eigenvalue weighted by atomic mass is 9.96. The van der Waals surface area contributed by atoms with Gasteiger partial charge in [-0.2, -0.15) is 0 Å². The Bertz CT molecular complexity index is 463. The molecule has 0 unspecified atom stereocenters. The lowest BCUT2D eigenvalue weighted by Gasteiger charge is -2.34. The second kappa shape index (κ2) is 6.65. The van der Waals surface area contributed by atoms with E-state index in [9.17, 15) is 13.2 Å². The van der Waals surface area contributed by atoms with Gasteiger partial charge in [-0.05, 0) is 38.5 Å². The monoisotopic (exact) mass is 316 g/mol. The number of nitrogens with zero attached hydrogens (tertiary/aromatic N) is 2. The summed E-state index contributed by atoms with van der Waals surface area (Å²) in [6, 6.07) is 0.442. The molecule has 122 valence electrons. The van der Waals surface area contributed by atoms with E-state index in [1.165, 1.54) is 0 Å². The third-order valence-electron chi connectivity index (χ3n) is 4.39. The average Bonchev–Trinajstić information content (AvgIpc) is 3.28. The van der Waals surface area contributed by atoms with E-state index in [4.69, 9.17) is 0 Å². The Labute approximate surface area is 128 Å². The van der Waals surface area contributed by atoms with Crippen molar-refractivity contribution in [3.63, 3.8) is 0 Å². The van der Waals surface area contributed by atoms with Gasteiger partial charge in [0.1, 0.15) is 0 Å². The molecule has 1 aliphatic heterocycles. The Morgan fingerprint density at radius 3 is 2.19 bits per heavy atom. The summed E-state index contributed by atoms with van der Waals surface area (Å²) in [5, 5.41) is 0. The van der Waals surface area contributed by atoms with Crippen LogP contribution in [0.1, 0.15) is 46.5 Å². The van der Waals surface area contributed by atoms with Crippen molar-refractivity contribution in [2.24, 2.45) is 11.8 Å². The SMILES string of the molecule is CCS(=O)(=O)N1CCC(C(=O)N(CC(C)C)C2CC2)CC1. The van der Waals surface area contributed by atoms with Gasteiger partial charge in [0, 0.05) is 31.6 Å². The van der Waals surface area contributed by atoms with E-state index < -0.39 is 10.0 Å². The Balaban J connectivity index is 1.93. The molecule has 1 aliphatic carbocycles. The highest BCUT2D eigenvalue weighted by atomic mass is 32.2. The third kappa shape index (κ3) is 4.19. The normalized spacial score (nSPS) is 21.7. The van der Waals surface area contributed by atoms with Gasteiger partial charge in [-0.15, -0.1) is 0 Å². The molecule has 0 N–H and O–H groups in total. The minimum atomic E-state index is -3.11. The minimum absolute atomic E-state index is 0.00709. The van der Waals surface area contributed by atoms with Crippen LogP contribution in [0.15, 0.2) is 0 Å². The van der Waals surface area contributed by atoms with Crippen LogP contribution in [0.3, 0.4) is 0 Å². The molecule has 6 heteroatoms. The van der Waals surface area contributed by atoms with E-state index in [1.807, 2.05) is 0 Å². The van der Waals surface area contributed by atoms with Crippen LogP contribution < -0.4 is 0 Å². The van der Waals surface area contributed by atoms with Gasteiger partial charge in [-0.3, -0.25) is 4.79 Å². The second-order valence-electron chi connectivity index (χ2n) is 6.69. The van der Waals surface area contributed by atoms with E-state index in [0.717, 1.165) is 19.4 Å². The number of piperidine rings is 1. The molecule has 0 spiro atoms. The van der Waals surface area contributed by atoms with E-state index >= 15 is 0 Å². The van der Waals surface area contributed by atoms with Gasteiger partial charge < -0.3 is 4.90 Å². The summed E-state index contributed by atoms with van der Waals surface area (Å²) < 4.78 is 25.3. The molecule has 5 nitrogen and oxygen atoms in total. The van der Waals surface area contributed by atoms with Crippen molar-refractivity contribution in [1.82, 2.24) is 9.21 Å². The molecule has 0 bridgehead atoms. The van der Waals surface area contributed by atoms with Crippen molar-refractivity contribution in [3.05, 3.63) is 0 Å². The van der Waals surface area contributed by atoms with E-state index in [0.29, 0.717) is 37.9 Å². The molecule has 0 aromatic carbocycles. The fraction of sp³-hybridized carbons (Fsp3) is 0.933. The Hall–Kier alpha value is -0.620. The van der Waals surface area contributed by atoms with Crippen LogP contribution in [-0.4, -0.2) is 55.0 Å². The lowest BCUT2D eigenvalue weighted by Crippen LogP contribution is -2.46. The molecular weight excluding hydrogens is 288 g/mol. The van der Waals surface area contributed by atoms with E-state index in [1.54, 1.807) is 11.2 Å². The molecule has 2 fully saturated rings. The number of carbonyl (C=O) groups is 1. The first-order chi connectivity index (χ1) is 9.85.